The largest absolute Gasteiger partial charge is 0.464 e. The van der Waals surface area contributed by atoms with Gasteiger partial charge in [-0.05, 0) is 37.3 Å². The smallest absolute Gasteiger partial charge is 0.417 e. The van der Waals surface area contributed by atoms with E-state index in [1.165, 1.54) is 30.6 Å². The monoisotopic (exact) mass is 590 g/mol. The summed E-state index contributed by atoms with van der Waals surface area (Å²) in [4.78, 5) is 29.3. The van der Waals surface area contributed by atoms with E-state index in [9.17, 15) is 35.5 Å². The van der Waals surface area contributed by atoms with Crippen LogP contribution in [0.25, 0.3) is 34.2 Å². The molecule has 1 unspecified atom stereocenters. The Morgan fingerprint density at radius 1 is 0.881 bits per heavy atom. The van der Waals surface area contributed by atoms with E-state index in [0.717, 1.165) is 17.1 Å². The average Bonchev–Trinajstić information content (AvgIpc) is 3.36. The fourth-order valence-corrected chi connectivity index (χ4v) is 4.13. The van der Waals surface area contributed by atoms with Crippen LogP contribution in [0.4, 0.5) is 30.7 Å². The molecule has 3 aromatic rings. The van der Waals surface area contributed by atoms with Crippen LogP contribution in [-0.4, -0.2) is 42.3 Å². The molecule has 0 radical (unpaired) electrons. The lowest BCUT2D eigenvalue weighted by Gasteiger charge is -2.19. The minimum absolute atomic E-state index is 0.0144. The van der Waals surface area contributed by atoms with Crippen LogP contribution in [0.3, 0.4) is 0 Å². The third-order valence-corrected chi connectivity index (χ3v) is 6.05. The molecule has 15 heteroatoms. The number of aromatic nitrogens is 6. The summed E-state index contributed by atoms with van der Waals surface area (Å²) in [6.07, 6.45) is -5.41. The van der Waals surface area contributed by atoms with Crippen LogP contribution in [0, 0.1) is 5.82 Å². The molecule has 0 bridgehead atoms. The van der Waals surface area contributed by atoms with Gasteiger partial charge in [-0.1, -0.05) is 12.1 Å². The second-order valence-corrected chi connectivity index (χ2v) is 8.80. The molecule has 2 aliphatic rings. The van der Waals surface area contributed by atoms with Crippen molar-refractivity contribution in [3.05, 3.63) is 89.8 Å². The second kappa shape index (κ2) is 10.8. The molecule has 216 valence electrons. The van der Waals surface area contributed by atoms with Gasteiger partial charge in [0, 0.05) is 23.5 Å². The van der Waals surface area contributed by atoms with Crippen LogP contribution in [0.5, 0.6) is 0 Å². The lowest BCUT2D eigenvalue weighted by atomic mass is 10.0. The van der Waals surface area contributed by atoms with Crippen LogP contribution < -0.4 is 0 Å². The Balaban J connectivity index is 1.54. The Morgan fingerprint density at radius 3 is 2.21 bits per heavy atom. The van der Waals surface area contributed by atoms with Crippen molar-refractivity contribution in [2.24, 2.45) is 0 Å². The maximum absolute atomic E-state index is 14.3. The molecule has 0 aliphatic carbocycles. The van der Waals surface area contributed by atoms with E-state index in [1.807, 2.05) is 0 Å². The van der Waals surface area contributed by atoms with E-state index in [4.69, 9.17) is 4.74 Å². The maximum Gasteiger partial charge on any atom is 0.417 e. The highest BCUT2D eigenvalue weighted by molar-refractivity contribution is 5.78. The Labute approximate surface area is 232 Å². The lowest BCUT2D eigenvalue weighted by molar-refractivity contribution is -0.146. The van der Waals surface area contributed by atoms with Gasteiger partial charge < -0.3 is 4.74 Å². The predicted octanol–water partition coefficient (Wildman–Crippen LogP) is 6.23. The minimum Gasteiger partial charge on any atom is -0.464 e. The molecule has 1 atom stereocenters. The molecule has 3 heterocycles. The Kier molecular flexibility index (Phi) is 7.34. The molecule has 0 spiro atoms. The predicted molar refractivity (Wildman–Crippen MR) is 132 cm³/mol. The Morgan fingerprint density at radius 2 is 1.57 bits per heavy atom. The first-order valence-electron chi connectivity index (χ1n) is 12.1. The van der Waals surface area contributed by atoms with Crippen molar-refractivity contribution in [1.82, 2.24) is 29.7 Å². The number of alkyl halides is 6. The van der Waals surface area contributed by atoms with E-state index < -0.39 is 52.7 Å². The molecule has 0 amide bonds. The van der Waals surface area contributed by atoms with Crippen molar-refractivity contribution in [3.63, 3.8) is 0 Å². The molecule has 5 rings (SSSR count). The maximum atomic E-state index is 14.3. The summed E-state index contributed by atoms with van der Waals surface area (Å²) >= 11 is 0. The quantitative estimate of drug-likeness (QED) is 0.171. The molecule has 0 fully saturated rings. The van der Waals surface area contributed by atoms with Crippen LogP contribution in [-0.2, 0) is 21.9 Å². The molecule has 0 saturated carbocycles. The van der Waals surface area contributed by atoms with Gasteiger partial charge in [-0.2, -0.15) is 31.4 Å². The summed E-state index contributed by atoms with van der Waals surface area (Å²) in [5.41, 5.74) is -3.01. The van der Waals surface area contributed by atoms with Crippen LogP contribution >= 0.6 is 0 Å². The molecule has 2 aliphatic heterocycles. The number of imidazole rings is 1. The van der Waals surface area contributed by atoms with Gasteiger partial charge in [-0.15, -0.1) is 0 Å². The first-order chi connectivity index (χ1) is 19.9. The molecule has 42 heavy (non-hydrogen) atoms. The lowest BCUT2D eigenvalue weighted by Crippen LogP contribution is -2.25. The van der Waals surface area contributed by atoms with Gasteiger partial charge in [-0.25, -0.2) is 29.1 Å². The van der Waals surface area contributed by atoms with Crippen molar-refractivity contribution < 1.29 is 40.3 Å². The zero-order chi connectivity index (χ0) is 30.2. The zero-order valence-corrected chi connectivity index (χ0v) is 21.3. The summed E-state index contributed by atoms with van der Waals surface area (Å²) in [6, 6.07) is 5.65. The number of ether oxygens (including phenoxy) is 1. The van der Waals surface area contributed by atoms with Gasteiger partial charge in [0.1, 0.15) is 17.2 Å². The number of carbonyl (C=O) groups is 1. The number of esters is 1. The van der Waals surface area contributed by atoms with E-state index in [0.29, 0.717) is 17.8 Å². The number of benzene rings is 2. The van der Waals surface area contributed by atoms with E-state index in [1.54, 1.807) is 13.0 Å². The number of hydrogen-bond donors (Lipinski definition) is 0. The fraction of sp³-hybridized carbons (Fsp3) is 0.185. The van der Waals surface area contributed by atoms with E-state index >= 15 is 0 Å². The van der Waals surface area contributed by atoms with Crippen molar-refractivity contribution in [1.29, 1.82) is 0 Å². The van der Waals surface area contributed by atoms with Crippen molar-refractivity contribution >= 4 is 5.97 Å². The molecule has 0 N–H and O–H groups in total. The second-order valence-electron chi connectivity index (χ2n) is 8.80. The number of halogens is 7. The normalized spacial score (nSPS) is 12.9. The van der Waals surface area contributed by atoms with Gasteiger partial charge in [0.2, 0.25) is 0 Å². The van der Waals surface area contributed by atoms with Crippen molar-refractivity contribution in [3.8, 4) is 34.2 Å². The summed E-state index contributed by atoms with van der Waals surface area (Å²) in [6.45, 7) is 1.54. The molecule has 1 aromatic heterocycles. The van der Waals surface area contributed by atoms with Gasteiger partial charge in [0.05, 0.1) is 35.7 Å². The van der Waals surface area contributed by atoms with E-state index in [2.05, 4.69) is 25.0 Å². The molecule has 8 nitrogen and oxygen atoms in total. The van der Waals surface area contributed by atoms with Crippen molar-refractivity contribution in [2.75, 3.05) is 6.61 Å². The number of nitrogens with zero attached hydrogens (tertiary/aromatic N) is 6. The highest BCUT2D eigenvalue weighted by Crippen LogP contribution is 2.40. The first-order valence-corrected chi connectivity index (χ1v) is 12.1. The Hall–Kier alpha value is -4.95. The number of rotatable bonds is 6. The highest BCUT2D eigenvalue weighted by Gasteiger charge is 2.39. The number of hydrogen-bond acceptors (Lipinski definition) is 7. The Bertz CT molecular complexity index is 1720. The third-order valence-electron chi connectivity index (χ3n) is 6.05. The summed E-state index contributed by atoms with van der Waals surface area (Å²) < 4.78 is 101. The zero-order valence-electron chi connectivity index (χ0n) is 21.3. The highest BCUT2D eigenvalue weighted by atomic mass is 19.4. The number of fused-ring (bicyclic) bond motifs is 1. The van der Waals surface area contributed by atoms with Gasteiger partial charge in [0.15, 0.2) is 17.7 Å². The number of carbonyl (C=O) groups excluding carboxylic acids is 1. The van der Waals surface area contributed by atoms with Gasteiger partial charge in [0.25, 0.3) is 0 Å². The SMILES string of the molecule is CCOC(=O)C(c1cnc(-c2ccc(C(F)(F)F)cc2C(F)(F)F)nc1)n1cc2nc(-c3ccccc3F)nc-2cn1. The van der Waals surface area contributed by atoms with Gasteiger partial charge >= 0.3 is 18.3 Å². The summed E-state index contributed by atoms with van der Waals surface area (Å²) in [5.74, 6) is -1.80. The topological polar surface area (TPSA) is 95.7 Å². The molecule has 0 saturated heterocycles. The summed E-state index contributed by atoms with van der Waals surface area (Å²) in [5, 5.41) is 4.18. The molecule has 2 aromatic carbocycles. The van der Waals surface area contributed by atoms with Gasteiger partial charge in [-0.3, -0.25) is 4.68 Å². The summed E-state index contributed by atoms with van der Waals surface area (Å²) in [7, 11) is 0. The average molecular weight is 590 g/mol. The standard InChI is InChI=1S/C27H17F7N6O2/c1-2-42-25(41)22(40-13-21-20(12-37-40)38-24(39-21)17-5-3-4-6-19(17)28)14-10-35-23(36-11-14)16-8-7-15(26(29,30)31)9-18(16)27(32,33)34/h3-13,22H,2H2,1H3. The minimum atomic E-state index is -5.14. The first kappa shape index (κ1) is 28.6. The van der Waals surface area contributed by atoms with Crippen LogP contribution in [0.15, 0.2) is 67.3 Å². The van der Waals surface area contributed by atoms with Crippen LogP contribution in [0.1, 0.15) is 29.7 Å². The fourth-order valence-electron chi connectivity index (χ4n) is 4.13. The van der Waals surface area contributed by atoms with Crippen molar-refractivity contribution in [2.45, 2.75) is 25.3 Å². The molecular weight excluding hydrogens is 573 g/mol. The van der Waals surface area contributed by atoms with Crippen LogP contribution in [0.2, 0.25) is 0 Å². The third kappa shape index (κ3) is 5.62. The van der Waals surface area contributed by atoms with E-state index in [-0.39, 0.29) is 35.3 Å². The molecular formula is C27H17F7N6O2.